The van der Waals surface area contributed by atoms with Gasteiger partial charge in [-0.25, -0.2) is 14.2 Å². The van der Waals surface area contributed by atoms with Crippen LogP contribution in [0.15, 0.2) is 30.3 Å². The number of aliphatic carboxylic acids is 1. The molecule has 0 spiro atoms. The number of hydrogen-bond acceptors (Lipinski definition) is 6. The SMILES string of the molecule is CC(C)OCCN(CCCCc1ccc2c(n1)NCCC2)CCC(NC(=O)c1c(F)cccc1C(F)(F)F)C(=O)O. The molecule has 1 aromatic carbocycles. The van der Waals surface area contributed by atoms with Gasteiger partial charge in [0.2, 0.25) is 0 Å². The van der Waals surface area contributed by atoms with E-state index >= 15 is 0 Å². The third-order valence-electron chi connectivity index (χ3n) is 6.85. The predicted octanol–water partition coefficient (Wildman–Crippen LogP) is 4.92. The molecule has 0 radical (unpaired) electrons. The standard InChI is InChI=1S/C29H38F4N4O4/c1-19(2)41-18-17-37(15-4-3-8-21-12-11-20-7-6-14-34-26(20)35-21)16-13-24(28(39)40)36-27(38)25-22(29(31,32)33)9-5-10-23(25)30/h5,9-12,19,24H,3-4,6-8,13-18H2,1-2H3,(H,34,35)(H,36,38)(H,39,40). The summed E-state index contributed by atoms with van der Waals surface area (Å²) in [6.45, 7) is 6.49. The van der Waals surface area contributed by atoms with Crippen LogP contribution in [-0.4, -0.2) is 71.8 Å². The van der Waals surface area contributed by atoms with Gasteiger partial charge in [-0.1, -0.05) is 12.1 Å². The van der Waals surface area contributed by atoms with Crippen LogP contribution in [0.25, 0.3) is 0 Å². The zero-order valence-corrected chi connectivity index (χ0v) is 23.4. The molecule has 0 saturated carbocycles. The molecule has 12 heteroatoms. The van der Waals surface area contributed by atoms with Crippen molar-refractivity contribution in [1.82, 2.24) is 15.2 Å². The lowest BCUT2D eigenvalue weighted by molar-refractivity contribution is -0.139. The number of rotatable bonds is 15. The third kappa shape index (κ3) is 9.96. The van der Waals surface area contributed by atoms with E-state index in [1.807, 2.05) is 24.8 Å². The van der Waals surface area contributed by atoms with E-state index in [1.54, 1.807) is 0 Å². The van der Waals surface area contributed by atoms with Crippen molar-refractivity contribution in [2.75, 3.05) is 38.1 Å². The molecule has 2 heterocycles. The van der Waals surface area contributed by atoms with Crippen LogP contribution in [0.5, 0.6) is 0 Å². The fourth-order valence-electron chi connectivity index (χ4n) is 4.69. The zero-order chi connectivity index (χ0) is 30.0. The summed E-state index contributed by atoms with van der Waals surface area (Å²) in [5, 5.41) is 15.1. The minimum Gasteiger partial charge on any atom is -0.480 e. The minimum atomic E-state index is -4.98. The van der Waals surface area contributed by atoms with Crippen molar-refractivity contribution in [1.29, 1.82) is 0 Å². The summed E-state index contributed by atoms with van der Waals surface area (Å²) < 4.78 is 60.0. The van der Waals surface area contributed by atoms with Crippen LogP contribution in [0.4, 0.5) is 23.4 Å². The number of anilines is 1. The van der Waals surface area contributed by atoms with Gasteiger partial charge in [0.05, 0.1) is 23.8 Å². The number of halogens is 4. The van der Waals surface area contributed by atoms with Crippen molar-refractivity contribution < 1.29 is 37.0 Å². The van der Waals surface area contributed by atoms with Gasteiger partial charge in [0, 0.05) is 25.3 Å². The van der Waals surface area contributed by atoms with Crippen molar-refractivity contribution in [3.05, 3.63) is 58.5 Å². The first-order valence-electron chi connectivity index (χ1n) is 13.9. The summed E-state index contributed by atoms with van der Waals surface area (Å²) in [6.07, 6.45) is -0.525. The number of carbonyl (C=O) groups is 2. The molecule has 0 bridgehead atoms. The van der Waals surface area contributed by atoms with Crippen LogP contribution in [0, 0.1) is 5.82 Å². The van der Waals surface area contributed by atoms with Crippen LogP contribution in [-0.2, 0) is 28.5 Å². The quantitative estimate of drug-likeness (QED) is 0.202. The number of benzene rings is 1. The monoisotopic (exact) mass is 582 g/mol. The number of fused-ring (bicyclic) bond motifs is 1. The molecule has 1 unspecified atom stereocenters. The Bertz CT molecular complexity index is 1180. The van der Waals surface area contributed by atoms with Crippen LogP contribution in [0.2, 0.25) is 0 Å². The van der Waals surface area contributed by atoms with Crippen molar-refractivity contribution >= 4 is 17.7 Å². The van der Waals surface area contributed by atoms with Gasteiger partial charge in [-0.15, -0.1) is 0 Å². The lowest BCUT2D eigenvalue weighted by Gasteiger charge is -2.25. The normalized spacial score (nSPS) is 14.0. The maximum Gasteiger partial charge on any atom is 0.417 e. The number of carbonyl (C=O) groups excluding carboxylic acids is 1. The molecule has 0 aliphatic carbocycles. The number of amides is 1. The van der Waals surface area contributed by atoms with Crippen molar-refractivity contribution in [3.63, 3.8) is 0 Å². The Hall–Kier alpha value is -3.25. The second-order valence-corrected chi connectivity index (χ2v) is 10.4. The number of alkyl halides is 3. The molecule has 226 valence electrons. The van der Waals surface area contributed by atoms with Gasteiger partial charge in [-0.3, -0.25) is 4.79 Å². The molecular formula is C29H38F4N4O4. The first-order valence-corrected chi connectivity index (χ1v) is 13.9. The molecule has 1 aromatic heterocycles. The number of ether oxygens (including phenoxy) is 1. The maximum atomic E-state index is 14.2. The highest BCUT2D eigenvalue weighted by atomic mass is 19.4. The molecule has 8 nitrogen and oxygen atoms in total. The number of pyridine rings is 1. The van der Waals surface area contributed by atoms with Gasteiger partial charge in [-0.05, 0) is 82.7 Å². The predicted molar refractivity (Wildman–Crippen MR) is 146 cm³/mol. The summed E-state index contributed by atoms with van der Waals surface area (Å²) in [5.74, 6) is -3.28. The fourth-order valence-corrected chi connectivity index (χ4v) is 4.69. The Morgan fingerprint density at radius 3 is 2.63 bits per heavy atom. The van der Waals surface area contributed by atoms with E-state index in [9.17, 15) is 32.3 Å². The minimum absolute atomic E-state index is 0.00944. The van der Waals surface area contributed by atoms with Crippen LogP contribution in [0.3, 0.4) is 0 Å². The van der Waals surface area contributed by atoms with E-state index in [4.69, 9.17) is 9.72 Å². The van der Waals surface area contributed by atoms with Gasteiger partial charge in [0.1, 0.15) is 17.7 Å². The Kier molecular flexibility index (Phi) is 11.9. The average Bonchev–Trinajstić information content (AvgIpc) is 2.91. The molecule has 1 aliphatic rings. The van der Waals surface area contributed by atoms with Gasteiger partial charge in [-0.2, -0.15) is 13.2 Å². The molecule has 1 amide bonds. The Morgan fingerprint density at radius 1 is 1.15 bits per heavy atom. The summed E-state index contributed by atoms with van der Waals surface area (Å²) in [4.78, 5) is 31.2. The van der Waals surface area contributed by atoms with E-state index in [2.05, 4.69) is 16.7 Å². The Labute approximate surface area is 237 Å². The van der Waals surface area contributed by atoms with E-state index < -0.39 is 41.0 Å². The highest BCUT2D eigenvalue weighted by molar-refractivity contribution is 5.98. The number of nitrogens with zero attached hydrogens (tertiary/aromatic N) is 2. The molecule has 1 aliphatic heterocycles. The molecule has 1 atom stereocenters. The molecule has 3 N–H and O–H groups in total. The zero-order valence-electron chi connectivity index (χ0n) is 23.4. The number of hydrogen-bond donors (Lipinski definition) is 3. The summed E-state index contributed by atoms with van der Waals surface area (Å²) in [5.41, 5.74) is -0.468. The van der Waals surface area contributed by atoms with E-state index in [0.29, 0.717) is 25.8 Å². The second kappa shape index (κ2) is 15.1. The number of nitrogens with one attached hydrogen (secondary N) is 2. The van der Waals surface area contributed by atoms with Gasteiger partial charge >= 0.3 is 12.1 Å². The maximum absolute atomic E-state index is 14.2. The Balaban J connectivity index is 1.58. The molecule has 41 heavy (non-hydrogen) atoms. The first-order chi connectivity index (χ1) is 19.5. The lowest BCUT2D eigenvalue weighted by atomic mass is 10.0. The number of aromatic nitrogens is 1. The van der Waals surface area contributed by atoms with Crippen LogP contribution < -0.4 is 10.6 Å². The summed E-state index contributed by atoms with van der Waals surface area (Å²) >= 11 is 0. The molecular weight excluding hydrogens is 544 g/mol. The van der Waals surface area contributed by atoms with Crippen LogP contribution in [0.1, 0.15) is 66.7 Å². The van der Waals surface area contributed by atoms with Crippen molar-refractivity contribution in [2.24, 2.45) is 0 Å². The molecule has 2 aromatic rings. The number of carboxylic acids is 1. The summed E-state index contributed by atoms with van der Waals surface area (Å²) in [7, 11) is 0. The number of unbranched alkanes of at least 4 members (excludes halogenated alkanes) is 1. The highest BCUT2D eigenvalue weighted by Crippen LogP contribution is 2.33. The largest absolute Gasteiger partial charge is 0.480 e. The smallest absolute Gasteiger partial charge is 0.417 e. The summed E-state index contributed by atoms with van der Waals surface area (Å²) in [6, 6.07) is 4.80. The lowest BCUT2D eigenvalue weighted by Crippen LogP contribution is -2.44. The number of aryl methyl sites for hydroxylation is 2. The number of carboxylic acid groups (broad SMARTS) is 1. The van der Waals surface area contributed by atoms with Gasteiger partial charge in [0.25, 0.3) is 5.91 Å². The van der Waals surface area contributed by atoms with Crippen molar-refractivity contribution in [2.45, 2.75) is 70.7 Å². The topological polar surface area (TPSA) is 104 Å². The van der Waals surface area contributed by atoms with E-state index in [-0.39, 0.29) is 19.1 Å². The fraction of sp³-hybridized carbons (Fsp3) is 0.552. The second-order valence-electron chi connectivity index (χ2n) is 10.4. The average molecular weight is 583 g/mol. The van der Waals surface area contributed by atoms with E-state index in [1.165, 1.54) is 5.56 Å². The highest BCUT2D eigenvalue weighted by Gasteiger charge is 2.37. The third-order valence-corrected chi connectivity index (χ3v) is 6.85. The van der Waals surface area contributed by atoms with Crippen molar-refractivity contribution in [3.8, 4) is 0 Å². The molecule has 3 rings (SSSR count). The molecule has 0 saturated heterocycles. The van der Waals surface area contributed by atoms with Gasteiger partial charge in [0.15, 0.2) is 0 Å². The van der Waals surface area contributed by atoms with Crippen LogP contribution >= 0.6 is 0 Å². The van der Waals surface area contributed by atoms with E-state index in [0.717, 1.165) is 62.3 Å². The Morgan fingerprint density at radius 2 is 1.93 bits per heavy atom. The van der Waals surface area contributed by atoms with Gasteiger partial charge < -0.3 is 25.4 Å². The first kappa shape index (κ1) is 32.3. The molecule has 0 fully saturated rings.